The van der Waals surface area contributed by atoms with Crippen LogP contribution in [0.2, 0.25) is 0 Å². The molecule has 1 heterocycles. The van der Waals surface area contributed by atoms with Crippen molar-refractivity contribution in [3.8, 4) is 11.1 Å². The first kappa shape index (κ1) is 15.0. The normalized spacial score (nSPS) is 20.0. The summed E-state index contributed by atoms with van der Waals surface area (Å²) in [5.41, 5.74) is 3.31. The van der Waals surface area contributed by atoms with Gasteiger partial charge in [-0.25, -0.2) is 0 Å². The Bertz CT molecular complexity index is 643. The van der Waals surface area contributed by atoms with Crippen LogP contribution >= 0.6 is 0 Å². The van der Waals surface area contributed by atoms with E-state index < -0.39 is 0 Å². The molecule has 1 aliphatic rings. The lowest BCUT2D eigenvalue weighted by Crippen LogP contribution is -2.38. The maximum atomic E-state index is 12.4. The highest BCUT2D eigenvalue weighted by Gasteiger charge is 2.30. The fourth-order valence-corrected chi connectivity index (χ4v) is 3.21. The lowest BCUT2D eigenvalue weighted by Gasteiger charge is -2.19. The second-order valence-electron chi connectivity index (χ2n) is 6.83. The quantitative estimate of drug-likeness (QED) is 0.843. The minimum atomic E-state index is 0.169. The second-order valence-corrected chi connectivity index (χ2v) is 6.83. The van der Waals surface area contributed by atoms with Crippen LogP contribution in [0.4, 0.5) is 0 Å². The topological polar surface area (TPSA) is 29.1 Å². The molecule has 1 N–H and O–H groups in total. The minimum absolute atomic E-state index is 0.169. The molecule has 1 aliphatic heterocycles. The molecule has 2 aromatic rings. The number of Topliss-reactive ketones (excluding diaryl/α,β-unsaturated/α-hetero) is 1. The van der Waals surface area contributed by atoms with Crippen molar-refractivity contribution >= 4 is 5.78 Å². The van der Waals surface area contributed by atoms with E-state index in [9.17, 15) is 4.79 Å². The highest BCUT2D eigenvalue weighted by atomic mass is 16.1. The highest BCUT2D eigenvalue weighted by Crippen LogP contribution is 2.25. The van der Waals surface area contributed by atoms with E-state index in [0.717, 1.165) is 24.0 Å². The van der Waals surface area contributed by atoms with Crippen LogP contribution in [0.15, 0.2) is 54.6 Å². The van der Waals surface area contributed by atoms with Gasteiger partial charge in [0, 0.05) is 23.6 Å². The van der Waals surface area contributed by atoms with Gasteiger partial charge in [0.15, 0.2) is 5.78 Å². The van der Waals surface area contributed by atoms with Crippen LogP contribution in [-0.2, 0) is 0 Å². The Morgan fingerprint density at radius 3 is 2.27 bits per heavy atom. The van der Waals surface area contributed by atoms with Crippen molar-refractivity contribution in [1.82, 2.24) is 5.32 Å². The van der Waals surface area contributed by atoms with E-state index in [-0.39, 0.29) is 11.3 Å². The molecule has 1 atom stereocenters. The zero-order chi connectivity index (χ0) is 15.6. The monoisotopic (exact) mass is 293 g/mol. The van der Waals surface area contributed by atoms with Crippen molar-refractivity contribution in [1.29, 1.82) is 0 Å². The lowest BCUT2D eigenvalue weighted by molar-refractivity contribution is 0.0970. The van der Waals surface area contributed by atoms with Gasteiger partial charge >= 0.3 is 0 Å². The molecule has 2 nitrogen and oxygen atoms in total. The summed E-state index contributed by atoms with van der Waals surface area (Å²) < 4.78 is 0. The molecule has 0 radical (unpaired) electrons. The number of benzene rings is 2. The van der Waals surface area contributed by atoms with Crippen molar-refractivity contribution < 1.29 is 4.79 Å². The number of carbonyl (C=O) groups excluding carboxylic acids is 1. The zero-order valence-electron chi connectivity index (χ0n) is 13.3. The minimum Gasteiger partial charge on any atom is -0.309 e. The molecule has 1 unspecified atom stereocenters. The predicted molar refractivity (Wildman–Crippen MR) is 91.1 cm³/mol. The van der Waals surface area contributed by atoms with Gasteiger partial charge in [0.05, 0.1) is 0 Å². The molecular weight excluding hydrogens is 270 g/mol. The number of ketones is 1. The average Bonchev–Trinajstić information content (AvgIpc) is 2.87. The molecule has 0 saturated carbocycles. The van der Waals surface area contributed by atoms with Crippen LogP contribution in [0.3, 0.4) is 0 Å². The zero-order valence-corrected chi connectivity index (χ0v) is 13.3. The first-order chi connectivity index (χ1) is 10.5. The van der Waals surface area contributed by atoms with Crippen LogP contribution < -0.4 is 5.32 Å². The summed E-state index contributed by atoms with van der Waals surface area (Å²) in [4.78, 5) is 12.4. The van der Waals surface area contributed by atoms with Gasteiger partial charge in [-0.1, -0.05) is 54.6 Å². The standard InChI is InChI=1S/C20H23NO/c1-20(2)13-12-18(21-20)14-19(22)17-10-8-16(9-11-17)15-6-4-3-5-7-15/h3-11,18,21H,12-14H2,1-2H3. The summed E-state index contributed by atoms with van der Waals surface area (Å²) in [6.07, 6.45) is 2.81. The lowest BCUT2D eigenvalue weighted by atomic mass is 9.99. The Labute approximate surface area is 132 Å². The average molecular weight is 293 g/mol. The van der Waals surface area contributed by atoms with E-state index in [2.05, 4.69) is 31.3 Å². The number of hydrogen-bond donors (Lipinski definition) is 1. The predicted octanol–water partition coefficient (Wildman–Crippen LogP) is 4.46. The molecule has 2 heteroatoms. The van der Waals surface area contributed by atoms with Crippen molar-refractivity contribution in [3.63, 3.8) is 0 Å². The molecule has 0 spiro atoms. The van der Waals surface area contributed by atoms with E-state index in [1.165, 1.54) is 5.56 Å². The fourth-order valence-electron chi connectivity index (χ4n) is 3.21. The number of nitrogens with one attached hydrogen (secondary N) is 1. The molecule has 0 aliphatic carbocycles. The number of carbonyl (C=O) groups is 1. The molecule has 114 valence electrons. The summed E-state index contributed by atoms with van der Waals surface area (Å²) in [6.45, 7) is 4.40. The van der Waals surface area contributed by atoms with Crippen molar-refractivity contribution in [2.24, 2.45) is 0 Å². The summed E-state index contributed by atoms with van der Waals surface area (Å²) in [7, 11) is 0. The van der Waals surface area contributed by atoms with Gasteiger partial charge in [0.1, 0.15) is 0 Å². The van der Waals surface area contributed by atoms with Gasteiger partial charge in [-0.05, 0) is 37.8 Å². The second kappa shape index (κ2) is 6.05. The van der Waals surface area contributed by atoms with Crippen LogP contribution in [0.5, 0.6) is 0 Å². The first-order valence-electron chi connectivity index (χ1n) is 8.00. The molecule has 3 rings (SSSR count). The summed E-state index contributed by atoms with van der Waals surface area (Å²) in [5.74, 6) is 0.231. The third-order valence-corrected chi connectivity index (χ3v) is 4.46. The third kappa shape index (κ3) is 3.45. The fraction of sp³-hybridized carbons (Fsp3) is 0.350. The number of hydrogen-bond acceptors (Lipinski definition) is 2. The Morgan fingerprint density at radius 2 is 1.68 bits per heavy atom. The van der Waals surface area contributed by atoms with Crippen LogP contribution in [-0.4, -0.2) is 17.4 Å². The third-order valence-electron chi connectivity index (χ3n) is 4.46. The largest absolute Gasteiger partial charge is 0.309 e. The van der Waals surface area contributed by atoms with Gasteiger partial charge in [-0.15, -0.1) is 0 Å². The van der Waals surface area contributed by atoms with Gasteiger partial charge in [0.2, 0.25) is 0 Å². The van der Waals surface area contributed by atoms with Gasteiger partial charge < -0.3 is 5.32 Å². The highest BCUT2D eigenvalue weighted by molar-refractivity contribution is 5.96. The summed E-state index contributed by atoms with van der Waals surface area (Å²) in [5, 5.41) is 3.55. The maximum absolute atomic E-state index is 12.4. The molecule has 22 heavy (non-hydrogen) atoms. The SMILES string of the molecule is CC1(C)CCC(CC(=O)c2ccc(-c3ccccc3)cc2)N1. The number of rotatable bonds is 4. The molecule has 0 amide bonds. The smallest absolute Gasteiger partial charge is 0.164 e. The maximum Gasteiger partial charge on any atom is 0.164 e. The molecule has 1 saturated heterocycles. The van der Waals surface area contributed by atoms with E-state index in [0.29, 0.717) is 12.5 Å². The van der Waals surface area contributed by atoms with Crippen LogP contribution in [0.25, 0.3) is 11.1 Å². The Morgan fingerprint density at radius 1 is 1.05 bits per heavy atom. The van der Waals surface area contributed by atoms with Crippen LogP contribution in [0.1, 0.15) is 43.5 Å². The Hall–Kier alpha value is -1.93. The van der Waals surface area contributed by atoms with Crippen molar-refractivity contribution in [3.05, 3.63) is 60.2 Å². The Kier molecular flexibility index (Phi) is 4.12. The summed E-state index contributed by atoms with van der Waals surface area (Å²) >= 11 is 0. The van der Waals surface area contributed by atoms with Crippen molar-refractivity contribution in [2.45, 2.75) is 44.7 Å². The molecular formula is C20H23NO. The summed E-state index contributed by atoms with van der Waals surface area (Å²) in [6, 6.07) is 18.5. The molecule has 2 aromatic carbocycles. The molecule has 0 bridgehead atoms. The van der Waals surface area contributed by atoms with Crippen molar-refractivity contribution in [2.75, 3.05) is 0 Å². The molecule has 0 aromatic heterocycles. The molecule has 1 fully saturated rings. The van der Waals surface area contributed by atoms with Gasteiger partial charge in [-0.3, -0.25) is 4.79 Å². The van der Waals surface area contributed by atoms with Crippen LogP contribution in [0, 0.1) is 0 Å². The Balaban J connectivity index is 1.67. The van der Waals surface area contributed by atoms with E-state index in [1.807, 2.05) is 42.5 Å². The van der Waals surface area contributed by atoms with Gasteiger partial charge in [-0.2, -0.15) is 0 Å². The van der Waals surface area contributed by atoms with E-state index in [4.69, 9.17) is 0 Å². The van der Waals surface area contributed by atoms with Gasteiger partial charge in [0.25, 0.3) is 0 Å². The first-order valence-corrected chi connectivity index (χ1v) is 8.00. The van der Waals surface area contributed by atoms with E-state index in [1.54, 1.807) is 0 Å². The van der Waals surface area contributed by atoms with E-state index >= 15 is 0 Å².